The van der Waals surface area contributed by atoms with Crippen LogP contribution in [-0.2, 0) is 14.3 Å². The molecule has 1 fully saturated rings. The van der Waals surface area contributed by atoms with Gasteiger partial charge >= 0.3 is 5.97 Å². The first-order valence-electron chi connectivity index (χ1n) is 4.20. The van der Waals surface area contributed by atoms with E-state index >= 15 is 0 Å². The Labute approximate surface area is 72.4 Å². The zero-order chi connectivity index (χ0) is 8.97. The van der Waals surface area contributed by atoms with Crippen LogP contribution in [0.1, 0.15) is 19.8 Å². The highest BCUT2D eigenvalue weighted by Gasteiger charge is 2.20. The molecular formula is C9H14O3. The van der Waals surface area contributed by atoms with Gasteiger partial charge in [-0.15, -0.1) is 0 Å². The predicted molar refractivity (Wildman–Crippen MR) is 44.7 cm³/mol. The van der Waals surface area contributed by atoms with Crippen molar-refractivity contribution in [1.82, 2.24) is 0 Å². The topological polar surface area (TPSA) is 35.5 Å². The molecule has 0 aromatic carbocycles. The van der Waals surface area contributed by atoms with Crippen molar-refractivity contribution < 1.29 is 14.3 Å². The Kier molecular flexibility index (Phi) is 3.29. The van der Waals surface area contributed by atoms with Gasteiger partial charge in [0.1, 0.15) is 6.61 Å². The van der Waals surface area contributed by atoms with E-state index in [0.717, 1.165) is 13.0 Å². The van der Waals surface area contributed by atoms with Gasteiger partial charge in [-0.2, -0.15) is 0 Å². The van der Waals surface area contributed by atoms with E-state index in [4.69, 9.17) is 9.47 Å². The fraction of sp³-hybridized carbons (Fsp3) is 0.667. The SMILES string of the molecule is C=C(CC)C(=O)OCC1CCO1. The minimum absolute atomic E-state index is 0.124. The molecule has 0 bridgehead atoms. The minimum atomic E-state index is -0.298. The highest BCUT2D eigenvalue weighted by molar-refractivity contribution is 5.87. The molecule has 0 saturated carbocycles. The van der Waals surface area contributed by atoms with Gasteiger partial charge in [-0.05, 0) is 6.42 Å². The Morgan fingerprint density at radius 2 is 2.42 bits per heavy atom. The Balaban J connectivity index is 2.13. The quantitative estimate of drug-likeness (QED) is 0.471. The average Bonchev–Trinajstić information content (AvgIpc) is 2.00. The average molecular weight is 170 g/mol. The fourth-order valence-electron chi connectivity index (χ4n) is 0.831. The second-order valence-electron chi connectivity index (χ2n) is 2.84. The molecule has 0 aromatic rings. The summed E-state index contributed by atoms with van der Waals surface area (Å²) in [5.41, 5.74) is 0.523. The number of hydrogen-bond donors (Lipinski definition) is 0. The summed E-state index contributed by atoms with van der Waals surface area (Å²) in [4.78, 5) is 11.0. The van der Waals surface area contributed by atoms with Crippen molar-refractivity contribution in [3.8, 4) is 0 Å². The van der Waals surface area contributed by atoms with Gasteiger partial charge in [-0.25, -0.2) is 4.79 Å². The van der Waals surface area contributed by atoms with Crippen LogP contribution in [0.15, 0.2) is 12.2 Å². The lowest BCUT2D eigenvalue weighted by Gasteiger charge is -2.25. The smallest absolute Gasteiger partial charge is 0.333 e. The largest absolute Gasteiger partial charge is 0.460 e. The van der Waals surface area contributed by atoms with Crippen LogP contribution in [0.2, 0.25) is 0 Å². The van der Waals surface area contributed by atoms with E-state index in [1.807, 2.05) is 6.92 Å². The van der Waals surface area contributed by atoms with Crippen LogP contribution in [0.4, 0.5) is 0 Å². The molecule has 0 aliphatic carbocycles. The Morgan fingerprint density at radius 1 is 1.75 bits per heavy atom. The first-order chi connectivity index (χ1) is 5.74. The summed E-state index contributed by atoms with van der Waals surface area (Å²) in [5.74, 6) is -0.298. The van der Waals surface area contributed by atoms with E-state index in [1.54, 1.807) is 0 Å². The number of esters is 1. The van der Waals surface area contributed by atoms with E-state index in [1.165, 1.54) is 0 Å². The lowest BCUT2D eigenvalue weighted by Crippen LogP contribution is -2.32. The van der Waals surface area contributed by atoms with E-state index in [-0.39, 0.29) is 12.1 Å². The third-order valence-electron chi connectivity index (χ3n) is 1.91. The normalized spacial score (nSPS) is 21.2. The Hall–Kier alpha value is -0.830. The number of carbonyl (C=O) groups excluding carboxylic acids is 1. The van der Waals surface area contributed by atoms with Gasteiger partial charge in [0.2, 0.25) is 0 Å². The summed E-state index contributed by atoms with van der Waals surface area (Å²) in [7, 11) is 0. The maximum absolute atomic E-state index is 11.0. The first kappa shape index (κ1) is 9.26. The molecule has 3 heteroatoms. The molecule has 12 heavy (non-hydrogen) atoms. The van der Waals surface area contributed by atoms with E-state index < -0.39 is 0 Å². The molecule has 1 unspecified atom stereocenters. The number of rotatable bonds is 4. The molecule has 0 spiro atoms. The molecule has 1 saturated heterocycles. The number of carbonyl (C=O) groups is 1. The zero-order valence-corrected chi connectivity index (χ0v) is 7.34. The second kappa shape index (κ2) is 4.26. The van der Waals surface area contributed by atoms with E-state index in [0.29, 0.717) is 18.6 Å². The van der Waals surface area contributed by atoms with Gasteiger partial charge in [0, 0.05) is 18.6 Å². The van der Waals surface area contributed by atoms with Crippen LogP contribution in [-0.4, -0.2) is 25.3 Å². The lowest BCUT2D eigenvalue weighted by atomic mass is 10.2. The van der Waals surface area contributed by atoms with Crippen molar-refractivity contribution in [1.29, 1.82) is 0 Å². The predicted octanol–water partition coefficient (Wildman–Crippen LogP) is 1.28. The minimum Gasteiger partial charge on any atom is -0.460 e. The lowest BCUT2D eigenvalue weighted by molar-refractivity contribution is -0.150. The second-order valence-corrected chi connectivity index (χ2v) is 2.84. The van der Waals surface area contributed by atoms with Gasteiger partial charge in [0.25, 0.3) is 0 Å². The summed E-state index contributed by atoms with van der Waals surface area (Å²) in [6.45, 7) is 6.62. The van der Waals surface area contributed by atoms with Crippen molar-refractivity contribution in [2.45, 2.75) is 25.9 Å². The summed E-state index contributed by atoms with van der Waals surface area (Å²) in [6, 6.07) is 0. The summed E-state index contributed by atoms with van der Waals surface area (Å²) in [6.07, 6.45) is 1.76. The van der Waals surface area contributed by atoms with Gasteiger partial charge < -0.3 is 9.47 Å². The fourth-order valence-corrected chi connectivity index (χ4v) is 0.831. The third kappa shape index (κ3) is 2.34. The maximum atomic E-state index is 11.0. The molecule has 1 aliphatic heterocycles. The summed E-state index contributed by atoms with van der Waals surface area (Å²) < 4.78 is 10.0. The molecule has 0 N–H and O–H groups in total. The van der Waals surface area contributed by atoms with Crippen molar-refractivity contribution in [3.05, 3.63) is 12.2 Å². The van der Waals surface area contributed by atoms with E-state index in [9.17, 15) is 4.79 Å². The maximum Gasteiger partial charge on any atom is 0.333 e. The van der Waals surface area contributed by atoms with Crippen LogP contribution in [0.25, 0.3) is 0 Å². The van der Waals surface area contributed by atoms with Crippen molar-refractivity contribution in [3.63, 3.8) is 0 Å². The van der Waals surface area contributed by atoms with Gasteiger partial charge in [0.15, 0.2) is 0 Å². The van der Waals surface area contributed by atoms with Gasteiger partial charge in [0.05, 0.1) is 6.10 Å². The van der Waals surface area contributed by atoms with Crippen molar-refractivity contribution >= 4 is 5.97 Å². The Morgan fingerprint density at radius 3 is 2.83 bits per heavy atom. The standard InChI is InChI=1S/C9H14O3/c1-3-7(2)9(10)12-6-8-4-5-11-8/h8H,2-6H2,1H3. The zero-order valence-electron chi connectivity index (χ0n) is 7.34. The molecular weight excluding hydrogens is 156 g/mol. The van der Waals surface area contributed by atoms with Crippen molar-refractivity contribution in [2.24, 2.45) is 0 Å². The Bertz CT molecular complexity index is 182. The highest BCUT2D eigenvalue weighted by Crippen LogP contribution is 2.11. The van der Waals surface area contributed by atoms with E-state index in [2.05, 4.69) is 6.58 Å². The summed E-state index contributed by atoms with van der Waals surface area (Å²) >= 11 is 0. The molecule has 68 valence electrons. The number of hydrogen-bond acceptors (Lipinski definition) is 3. The third-order valence-corrected chi connectivity index (χ3v) is 1.91. The number of ether oxygens (including phenoxy) is 2. The van der Waals surface area contributed by atoms with Crippen LogP contribution in [0, 0.1) is 0 Å². The van der Waals surface area contributed by atoms with Crippen LogP contribution in [0.5, 0.6) is 0 Å². The molecule has 1 heterocycles. The van der Waals surface area contributed by atoms with Crippen LogP contribution >= 0.6 is 0 Å². The molecule has 0 amide bonds. The molecule has 3 nitrogen and oxygen atoms in total. The van der Waals surface area contributed by atoms with Gasteiger partial charge in [-0.3, -0.25) is 0 Å². The highest BCUT2D eigenvalue weighted by atomic mass is 16.6. The monoisotopic (exact) mass is 170 g/mol. The molecule has 1 aliphatic rings. The van der Waals surface area contributed by atoms with Gasteiger partial charge in [-0.1, -0.05) is 13.5 Å². The van der Waals surface area contributed by atoms with Crippen LogP contribution < -0.4 is 0 Å². The summed E-state index contributed by atoms with van der Waals surface area (Å²) in [5, 5.41) is 0. The molecule has 1 atom stereocenters. The van der Waals surface area contributed by atoms with Crippen LogP contribution in [0.3, 0.4) is 0 Å². The first-order valence-corrected chi connectivity index (χ1v) is 4.20. The molecule has 0 aromatic heterocycles. The molecule has 1 rings (SSSR count). The van der Waals surface area contributed by atoms with Crippen molar-refractivity contribution in [2.75, 3.05) is 13.2 Å². The molecule has 0 radical (unpaired) electrons.